The van der Waals surface area contributed by atoms with Gasteiger partial charge in [-0.3, -0.25) is 0 Å². The molecule has 0 rings (SSSR count). The largest absolute Gasteiger partial charge is 0.465 e. The molecule has 0 saturated carbocycles. The summed E-state index contributed by atoms with van der Waals surface area (Å²) in [5, 5.41) is 0. The number of methoxy groups -OCH3 is 3. The molecule has 0 aromatic carbocycles. The van der Waals surface area contributed by atoms with Gasteiger partial charge in [-0.05, 0) is 0 Å². The highest BCUT2D eigenvalue weighted by Crippen LogP contribution is 2.47. The topological polar surface area (TPSA) is 61.8 Å². The zero-order valence-electron chi connectivity index (χ0n) is 11.1. The highest BCUT2D eigenvalue weighted by atomic mass is 19.3. The normalized spacial score (nSPS) is 13.2. The standard InChI is InChI=1S/C10H12F6O5/c1-19-4-8(11,12)5(9(13,14)6(17)20-2)10(15,16)7(18)21-3/h5H,4H2,1-3H3. The highest BCUT2D eigenvalue weighted by molar-refractivity contribution is 5.83. The lowest BCUT2D eigenvalue weighted by molar-refractivity contribution is -0.268. The minimum atomic E-state index is -5.37. The predicted octanol–water partition coefficient (Wildman–Crippen LogP) is 1.50. The summed E-state index contributed by atoms with van der Waals surface area (Å²) in [6.45, 7) is -1.88. The van der Waals surface area contributed by atoms with Crippen LogP contribution in [0.15, 0.2) is 0 Å². The van der Waals surface area contributed by atoms with Crippen LogP contribution >= 0.6 is 0 Å². The van der Waals surface area contributed by atoms with Crippen LogP contribution in [0.25, 0.3) is 0 Å². The first-order valence-corrected chi connectivity index (χ1v) is 5.18. The first-order valence-electron chi connectivity index (χ1n) is 5.18. The molecule has 0 aromatic rings. The monoisotopic (exact) mass is 326 g/mol. The highest BCUT2D eigenvalue weighted by Gasteiger charge is 2.73. The Labute approximate surface area is 115 Å². The summed E-state index contributed by atoms with van der Waals surface area (Å²) in [7, 11) is 1.41. The van der Waals surface area contributed by atoms with Crippen LogP contribution in [0.1, 0.15) is 0 Å². The van der Waals surface area contributed by atoms with Gasteiger partial charge in [0.25, 0.3) is 5.92 Å². The molecule has 0 bridgehead atoms. The zero-order chi connectivity index (χ0) is 17.1. The van der Waals surface area contributed by atoms with Gasteiger partial charge >= 0.3 is 23.8 Å². The molecule has 0 N–H and O–H groups in total. The minimum absolute atomic E-state index is 0.387. The number of halogens is 6. The molecule has 0 aromatic heterocycles. The van der Waals surface area contributed by atoms with Crippen molar-refractivity contribution in [2.45, 2.75) is 17.8 Å². The molecular weight excluding hydrogens is 314 g/mol. The van der Waals surface area contributed by atoms with Crippen LogP contribution in [0.2, 0.25) is 0 Å². The molecule has 0 saturated heterocycles. The van der Waals surface area contributed by atoms with Crippen molar-refractivity contribution in [3.05, 3.63) is 0 Å². The van der Waals surface area contributed by atoms with Crippen LogP contribution in [0.3, 0.4) is 0 Å². The maximum absolute atomic E-state index is 13.6. The van der Waals surface area contributed by atoms with Crippen molar-refractivity contribution in [3.63, 3.8) is 0 Å². The molecule has 0 unspecified atom stereocenters. The predicted molar refractivity (Wildman–Crippen MR) is 54.2 cm³/mol. The van der Waals surface area contributed by atoms with Crippen molar-refractivity contribution in [2.24, 2.45) is 5.92 Å². The van der Waals surface area contributed by atoms with Gasteiger partial charge in [-0.25, -0.2) is 18.4 Å². The molecule has 0 atom stereocenters. The Hall–Kier alpha value is -1.52. The number of rotatable bonds is 7. The zero-order valence-corrected chi connectivity index (χ0v) is 11.1. The van der Waals surface area contributed by atoms with E-state index in [1.54, 1.807) is 0 Å². The molecule has 0 amide bonds. The Balaban J connectivity index is 6.04. The van der Waals surface area contributed by atoms with E-state index in [0.29, 0.717) is 21.3 Å². The van der Waals surface area contributed by atoms with E-state index in [0.717, 1.165) is 0 Å². The quantitative estimate of drug-likeness (QED) is 0.524. The van der Waals surface area contributed by atoms with Gasteiger partial charge in [0.1, 0.15) is 6.61 Å². The molecule has 0 heterocycles. The van der Waals surface area contributed by atoms with E-state index in [1.165, 1.54) is 0 Å². The summed E-state index contributed by atoms with van der Waals surface area (Å²) in [6, 6.07) is 0. The van der Waals surface area contributed by atoms with Gasteiger partial charge in [-0.2, -0.15) is 17.6 Å². The second-order valence-electron chi connectivity index (χ2n) is 3.86. The number of hydrogen-bond acceptors (Lipinski definition) is 5. The Morgan fingerprint density at radius 1 is 0.857 bits per heavy atom. The van der Waals surface area contributed by atoms with Crippen LogP contribution in [0.5, 0.6) is 0 Å². The van der Waals surface area contributed by atoms with Crippen molar-refractivity contribution < 1.29 is 50.1 Å². The van der Waals surface area contributed by atoms with Crippen LogP contribution in [-0.2, 0) is 23.8 Å². The summed E-state index contributed by atoms with van der Waals surface area (Å²) < 4.78 is 92.5. The number of carbonyl (C=O) groups is 2. The average Bonchev–Trinajstić information content (AvgIpc) is 2.35. The number of esters is 2. The van der Waals surface area contributed by atoms with Crippen LogP contribution in [0, 0.1) is 5.92 Å². The molecule has 0 aliphatic carbocycles. The van der Waals surface area contributed by atoms with Gasteiger partial charge in [0, 0.05) is 7.11 Å². The third-order valence-corrected chi connectivity index (χ3v) is 2.40. The fraction of sp³-hybridized carbons (Fsp3) is 0.800. The molecule has 21 heavy (non-hydrogen) atoms. The maximum atomic E-state index is 13.6. The molecule has 0 spiro atoms. The van der Waals surface area contributed by atoms with E-state index < -0.39 is 42.2 Å². The second-order valence-corrected chi connectivity index (χ2v) is 3.86. The van der Waals surface area contributed by atoms with E-state index in [2.05, 4.69) is 14.2 Å². The van der Waals surface area contributed by atoms with Crippen LogP contribution < -0.4 is 0 Å². The van der Waals surface area contributed by atoms with Crippen molar-refractivity contribution in [1.82, 2.24) is 0 Å². The first-order chi connectivity index (χ1) is 9.39. The third kappa shape index (κ3) is 3.77. The van der Waals surface area contributed by atoms with Crippen molar-refractivity contribution in [2.75, 3.05) is 27.9 Å². The van der Waals surface area contributed by atoms with Crippen molar-refractivity contribution >= 4 is 11.9 Å². The van der Waals surface area contributed by atoms with Gasteiger partial charge in [-0.1, -0.05) is 0 Å². The van der Waals surface area contributed by atoms with E-state index in [1.807, 2.05) is 0 Å². The van der Waals surface area contributed by atoms with Gasteiger partial charge in [0.2, 0.25) is 0 Å². The Morgan fingerprint density at radius 3 is 1.43 bits per heavy atom. The first kappa shape index (κ1) is 19.5. The summed E-state index contributed by atoms with van der Waals surface area (Å²) in [5.74, 6) is -25.3. The van der Waals surface area contributed by atoms with Crippen LogP contribution in [0.4, 0.5) is 26.3 Å². The van der Waals surface area contributed by atoms with E-state index in [-0.39, 0.29) is 0 Å². The second kappa shape index (κ2) is 6.50. The molecule has 5 nitrogen and oxygen atoms in total. The smallest absolute Gasteiger partial charge is 0.377 e. The molecule has 0 aliphatic heterocycles. The lowest BCUT2D eigenvalue weighted by Gasteiger charge is -2.34. The molecular formula is C10H12F6O5. The lowest BCUT2D eigenvalue weighted by Crippen LogP contribution is -2.60. The van der Waals surface area contributed by atoms with Gasteiger partial charge in [-0.15, -0.1) is 0 Å². The van der Waals surface area contributed by atoms with E-state index in [4.69, 9.17) is 0 Å². The Bertz CT molecular complexity index is 369. The van der Waals surface area contributed by atoms with E-state index in [9.17, 15) is 35.9 Å². The Morgan fingerprint density at radius 2 is 1.19 bits per heavy atom. The fourth-order valence-corrected chi connectivity index (χ4v) is 1.54. The number of carbonyl (C=O) groups excluding carboxylic acids is 2. The third-order valence-electron chi connectivity index (χ3n) is 2.40. The number of ether oxygens (including phenoxy) is 3. The minimum Gasteiger partial charge on any atom is -0.465 e. The summed E-state index contributed by atoms with van der Waals surface area (Å²) >= 11 is 0. The summed E-state index contributed by atoms with van der Waals surface area (Å²) in [5.41, 5.74) is 0. The fourth-order valence-electron chi connectivity index (χ4n) is 1.54. The molecule has 0 fully saturated rings. The van der Waals surface area contributed by atoms with Crippen molar-refractivity contribution in [1.29, 1.82) is 0 Å². The maximum Gasteiger partial charge on any atom is 0.377 e. The molecule has 0 radical (unpaired) electrons. The number of alkyl halides is 6. The van der Waals surface area contributed by atoms with Gasteiger partial charge in [0.05, 0.1) is 14.2 Å². The molecule has 124 valence electrons. The molecule has 11 heteroatoms. The van der Waals surface area contributed by atoms with Crippen LogP contribution in [-0.4, -0.2) is 57.6 Å². The van der Waals surface area contributed by atoms with Crippen molar-refractivity contribution in [3.8, 4) is 0 Å². The Kier molecular flexibility index (Phi) is 6.03. The lowest BCUT2D eigenvalue weighted by atomic mass is 9.87. The summed E-state index contributed by atoms with van der Waals surface area (Å²) in [6.07, 6.45) is 0. The SMILES string of the molecule is COCC(F)(F)C(C(F)(F)C(=O)OC)C(F)(F)C(=O)OC. The summed E-state index contributed by atoms with van der Waals surface area (Å²) in [4.78, 5) is 21.7. The average molecular weight is 326 g/mol. The van der Waals surface area contributed by atoms with Gasteiger partial charge in [0.15, 0.2) is 5.92 Å². The number of hydrogen-bond donors (Lipinski definition) is 0. The van der Waals surface area contributed by atoms with E-state index >= 15 is 0 Å². The van der Waals surface area contributed by atoms with Gasteiger partial charge < -0.3 is 14.2 Å². The molecule has 0 aliphatic rings.